The molecule has 28 heavy (non-hydrogen) atoms. The van der Waals surface area contributed by atoms with Gasteiger partial charge in [0.1, 0.15) is 16.4 Å². The van der Waals surface area contributed by atoms with Crippen molar-refractivity contribution in [3.8, 4) is 22.9 Å². The van der Waals surface area contributed by atoms with Gasteiger partial charge in [0, 0.05) is 5.02 Å². The summed E-state index contributed by atoms with van der Waals surface area (Å²) < 4.78 is 10.4. The van der Waals surface area contributed by atoms with Gasteiger partial charge in [-0.25, -0.2) is 9.78 Å². The first-order valence-corrected chi connectivity index (χ1v) is 9.23. The first-order chi connectivity index (χ1) is 13.5. The number of nitrogens with zero attached hydrogens (tertiary/aromatic N) is 2. The molecule has 2 aromatic carbocycles. The van der Waals surface area contributed by atoms with E-state index in [4.69, 9.17) is 21.1 Å². The molecule has 0 radical (unpaired) electrons. The molecule has 0 aliphatic carbocycles. The van der Waals surface area contributed by atoms with Crippen molar-refractivity contribution >= 4 is 35.4 Å². The summed E-state index contributed by atoms with van der Waals surface area (Å²) in [5.41, 5.74) is 1.35. The summed E-state index contributed by atoms with van der Waals surface area (Å²) >= 11 is 6.99. The summed E-state index contributed by atoms with van der Waals surface area (Å²) in [6, 6.07) is 12.2. The van der Waals surface area contributed by atoms with Gasteiger partial charge >= 0.3 is 5.97 Å². The van der Waals surface area contributed by atoms with Crippen LogP contribution in [0.25, 0.3) is 17.5 Å². The predicted molar refractivity (Wildman–Crippen MR) is 108 cm³/mol. The van der Waals surface area contributed by atoms with Crippen LogP contribution in [0.2, 0.25) is 5.02 Å². The van der Waals surface area contributed by atoms with Gasteiger partial charge < -0.3 is 14.6 Å². The van der Waals surface area contributed by atoms with Crippen LogP contribution in [-0.4, -0.2) is 40.5 Å². The molecule has 144 valence electrons. The second-order valence-corrected chi connectivity index (χ2v) is 6.95. The van der Waals surface area contributed by atoms with Crippen molar-refractivity contribution in [3.63, 3.8) is 0 Å². The van der Waals surface area contributed by atoms with Crippen molar-refractivity contribution in [2.24, 2.45) is 0 Å². The van der Waals surface area contributed by atoms with Crippen molar-refractivity contribution in [1.82, 2.24) is 15.2 Å². The van der Waals surface area contributed by atoms with E-state index in [2.05, 4.69) is 15.2 Å². The number of methoxy groups -OCH3 is 2. The Hall–Kier alpha value is -2.97. The fourth-order valence-corrected chi connectivity index (χ4v) is 3.24. The van der Waals surface area contributed by atoms with Crippen molar-refractivity contribution in [2.45, 2.75) is 5.16 Å². The zero-order valence-corrected chi connectivity index (χ0v) is 16.5. The number of H-pyrrole nitrogens is 1. The van der Waals surface area contributed by atoms with Gasteiger partial charge in [0.2, 0.25) is 5.16 Å². The van der Waals surface area contributed by atoms with Crippen molar-refractivity contribution in [2.75, 3.05) is 14.2 Å². The van der Waals surface area contributed by atoms with Gasteiger partial charge in [-0.2, -0.15) is 0 Å². The van der Waals surface area contributed by atoms with E-state index in [-0.39, 0.29) is 10.1 Å². The number of hydrogen-bond acceptors (Lipinski definition) is 6. The first kappa shape index (κ1) is 19.8. The Morgan fingerprint density at radius 3 is 2.57 bits per heavy atom. The number of halogens is 1. The minimum Gasteiger partial charge on any atom is -0.497 e. The van der Waals surface area contributed by atoms with Crippen LogP contribution in [0.3, 0.4) is 0 Å². The molecule has 9 heteroatoms. The average Bonchev–Trinajstić information content (AvgIpc) is 3.16. The molecular weight excluding hydrogens is 402 g/mol. The Kier molecular flexibility index (Phi) is 6.23. The van der Waals surface area contributed by atoms with Crippen molar-refractivity contribution < 1.29 is 19.4 Å². The van der Waals surface area contributed by atoms with E-state index >= 15 is 0 Å². The number of nitrogens with one attached hydrogen (secondary N) is 1. The molecule has 0 unspecified atom stereocenters. The van der Waals surface area contributed by atoms with Gasteiger partial charge in [-0.1, -0.05) is 23.7 Å². The summed E-state index contributed by atoms with van der Waals surface area (Å²) in [4.78, 5) is 16.1. The second kappa shape index (κ2) is 8.81. The lowest BCUT2D eigenvalue weighted by atomic mass is 10.2. The van der Waals surface area contributed by atoms with E-state index in [9.17, 15) is 9.90 Å². The number of aromatic amines is 1. The van der Waals surface area contributed by atoms with E-state index in [1.807, 2.05) is 0 Å². The van der Waals surface area contributed by atoms with Crippen molar-refractivity contribution in [3.05, 3.63) is 58.0 Å². The monoisotopic (exact) mass is 417 g/mol. The lowest BCUT2D eigenvalue weighted by molar-refractivity contribution is -0.131. The number of benzene rings is 2. The molecule has 2 N–H and O–H groups in total. The number of aliphatic carboxylic acids is 1. The van der Waals surface area contributed by atoms with Crippen LogP contribution in [0.1, 0.15) is 5.56 Å². The molecular formula is C19H16ClN3O4S. The first-order valence-electron chi connectivity index (χ1n) is 8.03. The van der Waals surface area contributed by atoms with Crippen LogP contribution in [-0.2, 0) is 4.79 Å². The minimum atomic E-state index is -1.08. The molecule has 0 aliphatic rings. The standard InChI is InChI=1S/C19H16ClN3O4S/c1-26-13-6-3-11(4-7-13)9-16(18(24)25)28-19-21-17(22-23-19)14-10-12(20)5-8-15(14)27-2/h3-10H,1-2H3,(H,24,25)(H,21,22,23)/b16-9-. The number of thioether (sulfide) groups is 1. The Labute approximate surface area is 170 Å². The van der Waals surface area contributed by atoms with Crippen LogP contribution in [0.5, 0.6) is 11.5 Å². The Morgan fingerprint density at radius 2 is 1.93 bits per heavy atom. The molecule has 0 aliphatic heterocycles. The quantitative estimate of drug-likeness (QED) is 0.435. The molecule has 0 bridgehead atoms. The number of hydrogen-bond donors (Lipinski definition) is 2. The maximum Gasteiger partial charge on any atom is 0.342 e. The van der Waals surface area contributed by atoms with E-state index in [0.717, 1.165) is 17.3 Å². The lowest BCUT2D eigenvalue weighted by Crippen LogP contribution is -1.97. The number of rotatable bonds is 7. The zero-order valence-electron chi connectivity index (χ0n) is 15.0. The summed E-state index contributed by atoms with van der Waals surface area (Å²) in [7, 11) is 3.11. The molecule has 0 atom stereocenters. The molecule has 1 heterocycles. The third-order valence-electron chi connectivity index (χ3n) is 3.71. The summed E-state index contributed by atoms with van der Waals surface area (Å²) in [5.74, 6) is 0.614. The smallest absolute Gasteiger partial charge is 0.342 e. The zero-order chi connectivity index (χ0) is 20.1. The van der Waals surface area contributed by atoms with Gasteiger partial charge in [-0.05, 0) is 53.7 Å². The Balaban J connectivity index is 1.86. The number of carboxylic acid groups (broad SMARTS) is 1. The molecule has 3 rings (SSSR count). The third kappa shape index (κ3) is 4.65. The van der Waals surface area contributed by atoms with Crippen molar-refractivity contribution in [1.29, 1.82) is 0 Å². The van der Waals surface area contributed by atoms with Crippen LogP contribution in [0.15, 0.2) is 52.5 Å². The minimum absolute atomic E-state index is 0.0776. The second-order valence-electron chi connectivity index (χ2n) is 5.50. The van der Waals surface area contributed by atoms with Gasteiger partial charge in [0.15, 0.2) is 5.82 Å². The van der Waals surface area contributed by atoms with Crippen LogP contribution < -0.4 is 9.47 Å². The van der Waals surface area contributed by atoms with E-state index in [1.165, 1.54) is 0 Å². The normalized spacial score (nSPS) is 11.3. The highest BCUT2D eigenvalue weighted by Gasteiger charge is 2.16. The average molecular weight is 418 g/mol. The summed E-state index contributed by atoms with van der Waals surface area (Å²) in [6.45, 7) is 0. The number of aromatic nitrogens is 3. The maximum atomic E-state index is 11.6. The van der Waals surface area contributed by atoms with Gasteiger partial charge in [0.25, 0.3) is 0 Å². The lowest BCUT2D eigenvalue weighted by Gasteiger charge is -2.05. The van der Waals surface area contributed by atoms with Crippen LogP contribution in [0, 0.1) is 0 Å². The SMILES string of the molecule is COc1ccc(/C=C(\Sc2n[nH]c(-c3cc(Cl)ccc3OC)n2)C(=O)O)cc1. The van der Waals surface area contributed by atoms with E-state index < -0.39 is 5.97 Å². The van der Waals surface area contributed by atoms with E-state index in [0.29, 0.717) is 27.9 Å². The molecule has 7 nitrogen and oxygen atoms in total. The van der Waals surface area contributed by atoms with Gasteiger partial charge in [-0.3, -0.25) is 5.10 Å². The highest BCUT2D eigenvalue weighted by molar-refractivity contribution is 8.04. The largest absolute Gasteiger partial charge is 0.497 e. The number of ether oxygens (including phenoxy) is 2. The molecule has 0 fully saturated rings. The van der Waals surface area contributed by atoms with Gasteiger partial charge in [-0.15, -0.1) is 5.10 Å². The Morgan fingerprint density at radius 1 is 1.18 bits per heavy atom. The maximum absolute atomic E-state index is 11.6. The third-order valence-corrected chi connectivity index (χ3v) is 4.82. The summed E-state index contributed by atoms with van der Waals surface area (Å²) in [6.07, 6.45) is 1.54. The molecule has 3 aromatic rings. The number of carbonyl (C=O) groups is 1. The fourth-order valence-electron chi connectivity index (χ4n) is 2.36. The fraction of sp³-hybridized carbons (Fsp3) is 0.105. The molecule has 0 spiro atoms. The topological polar surface area (TPSA) is 97.3 Å². The van der Waals surface area contributed by atoms with Gasteiger partial charge in [0.05, 0.1) is 19.8 Å². The molecule has 0 saturated carbocycles. The van der Waals surface area contributed by atoms with Crippen LogP contribution in [0.4, 0.5) is 0 Å². The highest BCUT2D eigenvalue weighted by Crippen LogP contribution is 2.32. The van der Waals surface area contributed by atoms with E-state index in [1.54, 1.807) is 62.8 Å². The highest BCUT2D eigenvalue weighted by atomic mass is 35.5. The predicted octanol–water partition coefficient (Wildman–Crippen LogP) is 4.36. The van der Waals surface area contributed by atoms with Crippen LogP contribution >= 0.6 is 23.4 Å². The summed E-state index contributed by atoms with van der Waals surface area (Å²) in [5, 5.41) is 17.2. The Bertz CT molecular complexity index is 1020. The molecule has 1 aromatic heterocycles. The number of carboxylic acids is 1. The molecule has 0 saturated heterocycles. The molecule has 0 amide bonds.